The van der Waals surface area contributed by atoms with E-state index in [4.69, 9.17) is 4.74 Å². The van der Waals surface area contributed by atoms with E-state index in [0.29, 0.717) is 6.54 Å². The molecule has 84 valence electrons. The van der Waals surface area contributed by atoms with E-state index in [1.165, 1.54) is 11.0 Å². The normalized spacial score (nSPS) is 21.7. The van der Waals surface area contributed by atoms with E-state index in [1.54, 1.807) is 33.8 Å². The molecule has 1 aliphatic rings. The Balaban J connectivity index is 2.69. The second kappa shape index (κ2) is 4.04. The van der Waals surface area contributed by atoms with Crippen molar-refractivity contribution < 1.29 is 14.3 Å². The summed E-state index contributed by atoms with van der Waals surface area (Å²) in [5.41, 5.74) is -0.527. The van der Waals surface area contributed by atoms with Gasteiger partial charge in [0, 0.05) is 6.54 Å². The molecule has 1 heterocycles. The molecule has 0 N–H and O–H groups in total. The molecule has 0 spiro atoms. The summed E-state index contributed by atoms with van der Waals surface area (Å²) in [6.07, 6.45) is 2.74. The quantitative estimate of drug-likeness (QED) is 0.613. The minimum Gasteiger partial charge on any atom is -0.444 e. The van der Waals surface area contributed by atoms with Gasteiger partial charge in [0.1, 0.15) is 5.60 Å². The highest BCUT2D eigenvalue weighted by Crippen LogP contribution is 2.14. The summed E-state index contributed by atoms with van der Waals surface area (Å²) in [6.45, 7) is 7.54. The summed E-state index contributed by atoms with van der Waals surface area (Å²) >= 11 is 0. The molecule has 0 unspecified atom stereocenters. The topological polar surface area (TPSA) is 46.6 Å². The third-order valence-electron chi connectivity index (χ3n) is 2.09. The molecule has 0 saturated carbocycles. The second-order valence-corrected chi connectivity index (χ2v) is 4.61. The van der Waals surface area contributed by atoms with Crippen LogP contribution in [0, 0.1) is 0 Å². The van der Waals surface area contributed by atoms with Gasteiger partial charge in [-0.25, -0.2) is 4.79 Å². The summed E-state index contributed by atoms with van der Waals surface area (Å²) < 4.78 is 5.20. The van der Waals surface area contributed by atoms with Crippen LogP contribution in [0.4, 0.5) is 4.79 Å². The lowest BCUT2D eigenvalue weighted by atomic mass is 10.1. The monoisotopic (exact) mass is 211 g/mol. The molecule has 15 heavy (non-hydrogen) atoms. The number of hydrogen-bond donors (Lipinski definition) is 0. The van der Waals surface area contributed by atoms with Crippen LogP contribution in [-0.4, -0.2) is 35.0 Å². The van der Waals surface area contributed by atoms with Gasteiger partial charge in [-0.1, -0.05) is 6.08 Å². The van der Waals surface area contributed by atoms with Gasteiger partial charge >= 0.3 is 6.09 Å². The Morgan fingerprint density at radius 1 is 1.53 bits per heavy atom. The fraction of sp³-hybridized carbons (Fsp3) is 0.636. The highest BCUT2D eigenvalue weighted by atomic mass is 16.6. The Bertz CT molecular complexity index is 301. The van der Waals surface area contributed by atoms with Crippen LogP contribution in [-0.2, 0) is 9.53 Å². The van der Waals surface area contributed by atoms with Crippen molar-refractivity contribution in [2.24, 2.45) is 0 Å². The fourth-order valence-corrected chi connectivity index (χ4v) is 1.29. The zero-order valence-corrected chi connectivity index (χ0v) is 9.61. The largest absolute Gasteiger partial charge is 0.444 e. The second-order valence-electron chi connectivity index (χ2n) is 4.61. The number of rotatable bonds is 0. The Morgan fingerprint density at radius 3 is 2.67 bits per heavy atom. The van der Waals surface area contributed by atoms with Gasteiger partial charge in [-0.15, -0.1) is 0 Å². The van der Waals surface area contributed by atoms with Crippen LogP contribution in [0.2, 0.25) is 0 Å². The summed E-state index contributed by atoms with van der Waals surface area (Å²) in [7, 11) is 0. The first-order chi connectivity index (χ1) is 6.81. The highest BCUT2D eigenvalue weighted by Gasteiger charge is 2.29. The standard InChI is InChI=1S/C11H17NO3/c1-8-9(13)6-5-7-12(8)10(14)15-11(2,3)4/h5-6,8H,7H2,1-4H3/t8-/m0/s1. The number of carbonyl (C=O) groups is 2. The Hall–Kier alpha value is -1.32. The lowest BCUT2D eigenvalue weighted by Gasteiger charge is -2.31. The highest BCUT2D eigenvalue weighted by molar-refractivity contribution is 5.97. The van der Waals surface area contributed by atoms with E-state index in [0.717, 1.165) is 0 Å². The minimum absolute atomic E-state index is 0.0629. The molecular formula is C11H17NO3. The molecule has 4 heteroatoms. The van der Waals surface area contributed by atoms with Crippen molar-refractivity contribution in [2.45, 2.75) is 39.3 Å². The third-order valence-corrected chi connectivity index (χ3v) is 2.09. The van der Waals surface area contributed by atoms with Crippen LogP contribution in [0.15, 0.2) is 12.2 Å². The maximum Gasteiger partial charge on any atom is 0.411 e. The van der Waals surface area contributed by atoms with Crippen LogP contribution < -0.4 is 0 Å². The Kier molecular flexibility index (Phi) is 3.17. The number of amides is 1. The molecule has 1 aliphatic heterocycles. The van der Waals surface area contributed by atoms with Crippen molar-refractivity contribution in [3.05, 3.63) is 12.2 Å². The van der Waals surface area contributed by atoms with Gasteiger partial charge in [0.2, 0.25) is 0 Å². The van der Waals surface area contributed by atoms with E-state index < -0.39 is 17.7 Å². The van der Waals surface area contributed by atoms with Crippen molar-refractivity contribution >= 4 is 11.9 Å². The van der Waals surface area contributed by atoms with Crippen LogP contribution in [0.25, 0.3) is 0 Å². The average Bonchev–Trinajstić information content (AvgIpc) is 2.06. The van der Waals surface area contributed by atoms with Gasteiger partial charge < -0.3 is 4.74 Å². The van der Waals surface area contributed by atoms with Crippen LogP contribution in [0.1, 0.15) is 27.7 Å². The Morgan fingerprint density at radius 2 is 2.13 bits per heavy atom. The van der Waals surface area contributed by atoms with Gasteiger partial charge in [-0.05, 0) is 33.8 Å². The van der Waals surface area contributed by atoms with Crippen molar-refractivity contribution in [1.29, 1.82) is 0 Å². The summed E-state index contributed by atoms with van der Waals surface area (Å²) in [5.74, 6) is -0.0629. The van der Waals surface area contributed by atoms with Crippen LogP contribution in [0.3, 0.4) is 0 Å². The number of ether oxygens (including phenoxy) is 1. The zero-order valence-electron chi connectivity index (χ0n) is 9.61. The van der Waals surface area contributed by atoms with Crippen LogP contribution in [0.5, 0.6) is 0 Å². The first-order valence-corrected chi connectivity index (χ1v) is 5.01. The number of nitrogens with zero attached hydrogens (tertiary/aromatic N) is 1. The molecule has 0 aromatic heterocycles. The number of hydrogen-bond acceptors (Lipinski definition) is 3. The molecule has 0 radical (unpaired) electrons. The van der Waals surface area contributed by atoms with Crippen molar-refractivity contribution in [1.82, 2.24) is 4.90 Å². The molecule has 1 atom stereocenters. The number of ketones is 1. The average molecular weight is 211 g/mol. The smallest absolute Gasteiger partial charge is 0.411 e. The van der Waals surface area contributed by atoms with E-state index in [1.807, 2.05) is 0 Å². The lowest BCUT2D eigenvalue weighted by Crippen LogP contribution is -2.47. The van der Waals surface area contributed by atoms with Gasteiger partial charge in [-0.2, -0.15) is 0 Å². The summed E-state index contributed by atoms with van der Waals surface area (Å²) in [5, 5.41) is 0. The lowest BCUT2D eigenvalue weighted by molar-refractivity contribution is -0.119. The third kappa shape index (κ3) is 3.08. The predicted molar refractivity (Wildman–Crippen MR) is 56.5 cm³/mol. The first-order valence-electron chi connectivity index (χ1n) is 5.01. The van der Waals surface area contributed by atoms with Gasteiger partial charge in [0.15, 0.2) is 5.78 Å². The summed E-state index contributed by atoms with van der Waals surface area (Å²) in [6, 6.07) is -0.426. The molecule has 1 rings (SSSR count). The number of carbonyl (C=O) groups excluding carboxylic acids is 2. The predicted octanol–water partition coefficient (Wildman–Crippen LogP) is 1.75. The zero-order chi connectivity index (χ0) is 11.6. The molecular weight excluding hydrogens is 194 g/mol. The van der Waals surface area contributed by atoms with E-state index in [9.17, 15) is 9.59 Å². The summed E-state index contributed by atoms with van der Waals surface area (Å²) in [4.78, 5) is 24.4. The van der Waals surface area contributed by atoms with Crippen molar-refractivity contribution in [2.75, 3.05) is 6.54 Å². The van der Waals surface area contributed by atoms with E-state index in [-0.39, 0.29) is 5.78 Å². The first kappa shape index (κ1) is 11.8. The van der Waals surface area contributed by atoms with Crippen molar-refractivity contribution in [3.8, 4) is 0 Å². The molecule has 0 bridgehead atoms. The molecule has 0 aromatic rings. The van der Waals surface area contributed by atoms with Gasteiger partial charge in [-0.3, -0.25) is 9.69 Å². The molecule has 0 aliphatic carbocycles. The van der Waals surface area contributed by atoms with Crippen LogP contribution >= 0.6 is 0 Å². The molecule has 0 saturated heterocycles. The van der Waals surface area contributed by atoms with Gasteiger partial charge in [0.25, 0.3) is 0 Å². The molecule has 4 nitrogen and oxygen atoms in total. The SMILES string of the molecule is C[C@H]1C(=O)C=CCN1C(=O)OC(C)(C)C. The maximum atomic E-state index is 11.7. The van der Waals surface area contributed by atoms with E-state index >= 15 is 0 Å². The van der Waals surface area contributed by atoms with E-state index in [2.05, 4.69) is 0 Å². The fourth-order valence-electron chi connectivity index (χ4n) is 1.29. The van der Waals surface area contributed by atoms with Gasteiger partial charge in [0.05, 0.1) is 6.04 Å². The minimum atomic E-state index is -0.527. The molecule has 0 fully saturated rings. The Labute approximate surface area is 89.9 Å². The molecule has 1 amide bonds. The van der Waals surface area contributed by atoms with Crippen molar-refractivity contribution in [3.63, 3.8) is 0 Å². The molecule has 0 aromatic carbocycles. The maximum absolute atomic E-state index is 11.7.